The summed E-state index contributed by atoms with van der Waals surface area (Å²) in [6.45, 7) is 2.50. The molecule has 0 aliphatic carbocycles. The Morgan fingerprint density at radius 1 is 1.56 bits per heavy atom. The number of anilines is 1. The van der Waals surface area contributed by atoms with E-state index in [1.165, 1.54) is 0 Å². The van der Waals surface area contributed by atoms with Gasteiger partial charge < -0.3 is 20.5 Å². The van der Waals surface area contributed by atoms with E-state index in [4.69, 9.17) is 4.74 Å². The monoisotopic (exact) mass is 250 g/mol. The van der Waals surface area contributed by atoms with E-state index in [0.717, 1.165) is 5.56 Å². The Kier molecular flexibility index (Phi) is 3.84. The topological polar surface area (TPSA) is 70.6 Å². The number of rotatable bonds is 3. The SMILES string of the molecule is COC1CNC(C(=O)Nc2ccc(C)c(O)c2)C1. The molecule has 18 heavy (non-hydrogen) atoms. The average molecular weight is 250 g/mol. The Labute approximate surface area is 106 Å². The van der Waals surface area contributed by atoms with E-state index in [-0.39, 0.29) is 23.8 Å². The van der Waals surface area contributed by atoms with Crippen molar-refractivity contribution in [2.45, 2.75) is 25.5 Å². The predicted molar refractivity (Wildman–Crippen MR) is 68.7 cm³/mol. The van der Waals surface area contributed by atoms with Crippen LogP contribution in [0, 0.1) is 6.92 Å². The lowest BCUT2D eigenvalue weighted by Gasteiger charge is -2.12. The van der Waals surface area contributed by atoms with Gasteiger partial charge in [-0.3, -0.25) is 4.79 Å². The van der Waals surface area contributed by atoms with Crippen LogP contribution in [-0.4, -0.2) is 36.8 Å². The first-order valence-corrected chi connectivity index (χ1v) is 5.97. The van der Waals surface area contributed by atoms with E-state index in [9.17, 15) is 9.90 Å². The molecule has 98 valence electrons. The van der Waals surface area contributed by atoms with Crippen molar-refractivity contribution in [3.05, 3.63) is 23.8 Å². The van der Waals surface area contributed by atoms with Crippen LogP contribution in [0.25, 0.3) is 0 Å². The summed E-state index contributed by atoms with van der Waals surface area (Å²) < 4.78 is 5.19. The standard InChI is InChI=1S/C13H18N2O3/c1-8-3-4-9(5-12(8)16)15-13(17)11-6-10(18-2)7-14-11/h3-5,10-11,14,16H,6-7H2,1-2H3,(H,15,17). The number of ether oxygens (including phenoxy) is 1. The minimum atomic E-state index is -0.238. The van der Waals surface area contributed by atoms with Crippen molar-refractivity contribution in [2.24, 2.45) is 0 Å². The van der Waals surface area contributed by atoms with Gasteiger partial charge in [0.25, 0.3) is 0 Å². The number of hydrogen-bond acceptors (Lipinski definition) is 4. The van der Waals surface area contributed by atoms with Gasteiger partial charge in [-0.2, -0.15) is 0 Å². The minimum absolute atomic E-state index is 0.0900. The second kappa shape index (κ2) is 5.37. The molecule has 1 amide bonds. The molecule has 5 heteroatoms. The summed E-state index contributed by atoms with van der Waals surface area (Å²) in [7, 11) is 1.64. The molecule has 1 aromatic rings. The largest absolute Gasteiger partial charge is 0.508 e. The lowest BCUT2D eigenvalue weighted by molar-refractivity contribution is -0.118. The highest BCUT2D eigenvalue weighted by molar-refractivity contribution is 5.95. The van der Waals surface area contributed by atoms with Crippen LogP contribution >= 0.6 is 0 Å². The Morgan fingerprint density at radius 2 is 2.33 bits per heavy atom. The zero-order valence-corrected chi connectivity index (χ0v) is 10.6. The van der Waals surface area contributed by atoms with Crippen molar-refractivity contribution in [3.63, 3.8) is 0 Å². The molecule has 3 N–H and O–H groups in total. The molecule has 0 bridgehead atoms. The lowest BCUT2D eigenvalue weighted by Crippen LogP contribution is -2.35. The van der Waals surface area contributed by atoms with Crippen LogP contribution in [0.1, 0.15) is 12.0 Å². The number of amides is 1. The summed E-state index contributed by atoms with van der Waals surface area (Å²) in [6.07, 6.45) is 0.757. The van der Waals surface area contributed by atoms with Gasteiger partial charge in [-0.05, 0) is 25.0 Å². The summed E-state index contributed by atoms with van der Waals surface area (Å²) >= 11 is 0. The van der Waals surface area contributed by atoms with E-state index in [2.05, 4.69) is 10.6 Å². The maximum absolute atomic E-state index is 12.0. The molecule has 0 saturated carbocycles. The van der Waals surface area contributed by atoms with E-state index >= 15 is 0 Å². The van der Waals surface area contributed by atoms with E-state index < -0.39 is 0 Å². The molecule has 1 fully saturated rings. The summed E-state index contributed by atoms with van der Waals surface area (Å²) in [5.41, 5.74) is 1.39. The highest BCUT2D eigenvalue weighted by atomic mass is 16.5. The number of benzene rings is 1. The van der Waals surface area contributed by atoms with Gasteiger partial charge in [0, 0.05) is 25.4 Å². The normalized spacial score (nSPS) is 23.0. The summed E-state index contributed by atoms with van der Waals surface area (Å²) in [6, 6.07) is 4.86. The summed E-state index contributed by atoms with van der Waals surface area (Å²) in [5.74, 6) is 0.0831. The molecular formula is C13H18N2O3. The van der Waals surface area contributed by atoms with E-state index in [0.29, 0.717) is 18.7 Å². The number of nitrogens with one attached hydrogen (secondary N) is 2. The van der Waals surface area contributed by atoms with E-state index in [1.807, 2.05) is 6.92 Å². The highest BCUT2D eigenvalue weighted by Crippen LogP contribution is 2.21. The Balaban J connectivity index is 1.97. The molecule has 2 rings (SSSR count). The molecule has 1 aromatic carbocycles. The lowest BCUT2D eigenvalue weighted by atomic mass is 10.1. The maximum Gasteiger partial charge on any atom is 0.241 e. The Morgan fingerprint density at radius 3 is 2.94 bits per heavy atom. The molecule has 2 unspecified atom stereocenters. The smallest absolute Gasteiger partial charge is 0.241 e. The third kappa shape index (κ3) is 2.80. The van der Waals surface area contributed by atoms with Crippen LogP contribution < -0.4 is 10.6 Å². The number of carbonyl (C=O) groups excluding carboxylic acids is 1. The molecular weight excluding hydrogens is 232 g/mol. The second-order valence-electron chi connectivity index (χ2n) is 4.54. The first-order valence-electron chi connectivity index (χ1n) is 5.97. The number of methoxy groups -OCH3 is 1. The van der Waals surface area contributed by atoms with Crippen LogP contribution in [0.3, 0.4) is 0 Å². The third-order valence-electron chi connectivity index (χ3n) is 3.22. The van der Waals surface area contributed by atoms with Crippen molar-refractivity contribution in [3.8, 4) is 5.75 Å². The number of aromatic hydroxyl groups is 1. The van der Waals surface area contributed by atoms with Crippen molar-refractivity contribution < 1.29 is 14.6 Å². The van der Waals surface area contributed by atoms with Gasteiger partial charge in [0.15, 0.2) is 0 Å². The molecule has 0 radical (unpaired) electrons. The fourth-order valence-electron chi connectivity index (χ4n) is 2.00. The van der Waals surface area contributed by atoms with Gasteiger partial charge in [-0.15, -0.1) is 0 Å². The van der Waals surface area contributed by atoms with Crippen LogP contribution in [0.4, 0.5) is 5.69 Å². The van der Waals surface area contributed by atoms with Crippen molar-refractivity contribution in [1.82, 2.24) is 5.32 Å². The van der Waals surface area contributed by atoms with Gasteiger partial charge in [0.1, 0.15) is 5.75 Å². The van der Waals surface area contributed by atoms with E-state index in [1.54, 1.807) is 25.3 Å². The first kappa shape index (κ1) is 12.9. The average Bonchev–Trinajstić information content (AvgIpc) is 2.82. The molecule has 0 spiro atoms. The third-order valence-corrected chi connectivity index (χ3v) is 3.22. The molecule has 2 atom stereocenters. The zero-order chi connectivity index (χ0) is 13.1. The van der Waals surface area contributed by atoms with Crippen LogP contribution in [0.2, 0.25) is 0 Å². The van der Waals surface area contributed by atoms with Gasteiger partial charge in [-0.25, -0.2) is 0 Å². The fourth-order valence-corrected chi connectivity index (χ4v) is 2.00. The molecule has 1 aliphatic rings. The summed E-state index contributed by atoms with van der Waals surface area (Å²) in [5, 5.41) is 15.5. The molecule has 0 aromatic heterocycles. The van der Waals surface area contributed by atoms with Gasteiger partial charge in [0.2, 0.25) is 5.91 Å². The number of carbonyl (C=O) groups is 1. The van der Waals surface area contributed by atoms with Crippen LogP contribution in [0.15, 0.2) is 18.2 Å². The molecule has 5 nitrogen and oxygen atoms in total. The fraction of sp³-hybridized carbons (Fsp3) is 0.462. The Hall–Kier alpha value is -1.59. The van der Waals surface area contributed by atoms with Gasteiger partial charge in [0.05, 0.1) is 12.1 Å². The predicted octanol–water partition coefficient (Wildman–Crippen LogP) is 1.02. The van der Waals surface area contributed by atoms with Crippen molar-refractivity contribution >= 4 is 11.6 Å². The number of hydrogen-bond donors (Lipinski definition) is 3. The Bertz CT molecular complexity index is 448. The summed E-state index contributed by atoms with van der Waals surface area (Å²) in [4.78, 5) is 12.0. The molecule has 1 saturated heterocycles. The van der Waals surface area contributed by atoms with Gasteiger partial charge >= 0.3 is 0 Å². The zero-order valence-electron chi connectivity index (χ0n) is 10.6. The number of aryl methyl sites for hydroxylation is 1. The maximum atomic E-state index is 12.0. The molecule has 1 aliphatic heterocycles. The second-order valence-corrected chi connectivity index (χ2v) is 4.54. The molecule has 1 heterocycles. The number of phenols is 1. The van der Waals surface area contributed by atoms with Gasteiger partial charge in [-0.1, -0.05) is 6.07 Å². The highest BCUT2D eigenvalue weighted by Gasteiger charge is 2.29. The van der Waals surface area contributed by atoms with Crippen molar-refractivity contribution in [1.29, 1.82) is 0 Å². The van der Waals surface area contributed by atoms with Crippen LogP contribution in [0.5, 0.6) is 5.75 Å². The minimum Gasteiger partial charge on any atom is -0.508 e. The number of phenolic OH excluding ortho intramolecular Hbond substituents is 1. The van der Waals surface area contributed by atoms with Crippen molar-refractivity contribution in [2.75, 3.05) is 19.0 Å². The first-order chi connectivity index (χ1) is 8.60. The quantitative estimate of drug-likeness (QED) is 0.749. The van der Waals surface area contributed by atoms with Crippen LogP contribution in [-0.2, 0) is 9.53 Å².